The van der Waals surface area contributed by atoms with Crippen LogP contribution < -0.4 is 10.6 Å². The van der Waals surface area contributed by atoms with Crippen molar-refractivity contribution in [2.75, 3.05) is 13.6 Å². The Morgan fingerprint density at radius 2 is 2.00 bits per heavy atom. The second-order valence-corrected chi connectivity index (χ2v) is 5.52. The summed E-state index contributed by atoms with van der Waals surface area (Å²) < 4.78 is 1.09. The molecule has 4 heteroatoms. The molecule has 0 saturated carbocycles. The molecule has 0 radical (unpaired) electrons. The minimum absolute atomic E-state index is 0.00309. The van der Waals surface area contributed by atoms with Gasteiger partial charge in [-0.3, -0.25) is 4.79 Å². The number of amides is 1. The van der Waals surface area contributed by atoms with E-state index in [1.807, 2.05) is 39.1 Å². The van der Waals surface area contributed by atoms with Crippen LogP contribution >= 0.6 is 15.9 Å². The van der Waals surface area contributed by atoms with Gasteiger partial charge in [-0.1, -0.05) is 41.1 Å². The van der Waals surface area contributed by atoms with Gasteiger partial charge in [-0.05, 0) is 32.0 Å². The summed E-state index contributed by atoms with van der Waals surface area (Å²) in [5.41, 5.74) is 1.21. The lowest BCUT2D eigenvalue weighted by atomic mass is 10.1. The van der Waals surface area contributed by atoms with Gasteiger partial charge in [-0.15, -0.1) is 0 Å². The minimum Gasteiger partial charge on any atom is -0.353 e. The van der Waals surface area contributed by atoms with E-state index in [0.29, 0.717) is 6.54 Å². The number of carbonyl (C=O) groups excluding carboxylic acids is 1. The maximum atomic E-state index is 11.9. The number of carbonyl (C=O) groups is 1. The van der Waals surface area contributed by atoms with Crippen LogP contribution in [0, 0.1) is 5.92 Å². The molecule has 0 heterocycles. The van der Waals surface area contributed by atoms with Gasteiger partial charge in [0.2, 0.25) is 5.91 Å². The monoisotopic (exact) mass is 312 g/mol. The highest BCUT2D eigenvalue weighted by Crippen LogP contribution is 2.17. The maximum Gasteiger partial charge on any atom is 0.224 e. The Kier molecular flexibility index (Phi) is 6.36. The molecule has 0 fully saturated rings. The summed E-state index contributed by atoms with van der Waals surface area (Å²) >= 11 is 3.52. The second-order valence-electron chi connectivity index (χ2n) is 4.66. The van der Waals surface area contributed by atoms with Crippen molar-refractivity contribution in [2.45, 2.75) is 26.3 Å². The van der Waals surface area contributed by atoms with E-state index in [2.05, 4.69) is 32.6 Å². The van der Waals surface area contributed by atoms with Crippen LogP contribution in [0.25, 0.3) is 0 Å². The van der Waals surface area contributed by atoms with Crippen LogP contribution in [-0.2, 0) is 11.2 Å². The Bertz CT molecular complexity index is 395. The molecule has 0 bridgehead atoms. The van der Waals surface area contributed by atoms with E-state index in [0.717, 1.165) is 10.9 Å². The molecule has 2 N–H and O–H groups in total. The normalized spacial score (nSPS) is 14.0. The molecule has 0 aliphatic carbocycles. The zero-order chi connectivity index (χ0) is 13.5. The Morgan fingerprint density at radius 1 is 1.33 bits per heavy atom. The van der Waals surface area contributed by atoms with Crippen molar-refractivity contribution in [1.29, 1.82) is 0 Å². The Balaban J connectivity index is 2.49. The number of hydrogen-bond donors (Lipinski definition) is 2. The maximum absolute atomic E-state index is 11.9. The molecule has 1 aromatic carbocycles. The average molecular weight is 313 g/mol. The van der Waals surface area contributed by atoms with Gasteiger partial charge in [0.1, 0.15) is 0 Å². The van der Waals surface area contributed by atoms with E-state index in [1.165, 1.54) is 5.56 Å². The largest absolute Gasteiger partial charge is 0.353 e. The molecule has 0 saturated heterocycles. The molecule has 100 valence electrons. The lowest BCUT2D eigenvalue weighted by Gasteiger charge is -2.18. The van der Waals surface area contributed by atoms with Crippen molar-refractivity contribution >= 4 is 21.8 Å². The predicted molar refractivity (Wildman–Crippen MR) is 78.5 cm³/mol. The van der Waals surface area contributed by atoms with Gasteiger partial charge in [-0.2, -0.15) is 0 Å². The van der Waals surface area contributed by atoms with Gasteiger partial charge < -0.3 is 10.6 Å². The first-order chi connectivity index (χ1) is 8.54. The topological polar surface area (TPSA) is 41.1 Å². The molecule has 0 aromatic heterocycles. The fraction of sp³-hybridized carbons (Fsp3) is 0.500. The van der Waals surface area contributed by atoms with Gasteiger partial charge in [0.25, 0.3) is 0 Å². The van der Waals surface area contributed by atoms with Crippen molar-refractivity contribution in [1.82, 2.24) is 10.6 Å². The highest BCUT2D eigenvalue weighted by Gasteiger charge is 2.15. The SMILES string of the molecule is CNCC(C)C(=O)NC(C)Cc1ccccc1Br. The quantitative estimate of drug-likeness (QED) is 0.846. The number of nitrogens with one attached hydrogen (secondary N) is 2. The fourth-order valence-corrected chi connectivity index (χ4v) is 2.28. The van der Waals surface area contributed by atoms with Crippen LogP contribution in [0.3, 0.4) is 0 Å². The van der Waals surface area contributed by atoms with Crippen LogP contribution in [0.1, 0.15) is 19.4 Å². The first-order valence-electron chi connectivity index (χ1n) is 6.23. The van der Waals surface area contributed by atoms with Crippen molar-refractivity contribution in [3.05, 3.63) is 34.3 Å². The van der Waals surface area contributed by atoms with Gasteiger partial charge in [0.05, 0.1) is 0 Å². The lowest BCUT2D eigenvalue weighted by Crippen LogP contribution is -2.40. The third-order valence-electron chi connectivity index (χ3n) is 2.83. The molecule has 0 aliphatic rings. The van der Waals surface area contributed by atoms with Crippen LogP contribution in [0.2, 0.25) is 0 Å². The van der Waals surface area contributed by atoms with E-state index in [9.17, 15) is 4.79 Å². The number of hydrogen-bond acceptors (Lipinski definition) is 2. The highest BCUT2D eigenvalue weighted by atomic mass is 79.9. The molecular formula is C14H21BrN2O. The summed E-state index contributed by atoms with van der Waals surface area (Å²) in [6.45, 7) is 4.66. The number of halogens is 1. The first kappa shape index (κ1) is 15.2. The zero-order valence-electron chi connectivity index (χ0n) is 11.2. The molecule has 1 aromatic rings. The molecule has 0 spiro atoms. The molecule has 1 amide bonds. The first-order valence-corrected chi connectivity index (χ1v) is 7.02. The van der Waals surface area contributed by atoms with Crippen molar-refractivity contribution in [3.8, 4) is 0 Å². The molecule has 1 rings (SSSR count). The van der Waals surface area contributed by atoms with Crippen LogP contribution in [-0.4, -0.2) is 25.5 Å². The summed E-state index contributed by atoms with van der Waals surface area (Å²) in [6, 6.07) is 8.23. The van der Waals surface area contributed by atoms with Crippen LogP contribution in [0.15, 0.2) is 28.7 Å². The third kappa shape index (κ3) is 4.78. The van der Waals surface area contributed by atoms with Crippen LogP contribution in [0.4, 0.5) is 0 Å². The van der Waals surface area contributed by atoms with E-state index in [4.69, 9.17) is 0 Å². The number of benzene rings is 1. The Hall–Kier alpha value is -0.870. The van der Waals surface area contributed by atoms with Crippen LogP contribution in [0.5, 0.6) is 0 Å². The molecule has 2 unspecified atom stereocenters. The summed E-state index contributed by atoms with van der Waals surface area (Å²) in [5, 5.41) is 6.05. The highest BCUT2D eigenvalue weighted by molar-refractivity contribution is 9.10. The summed E-state index contributed by atoms with van der Waals surface area (Å²) in [5.74, 6) is 0.0977. The summed E-state index contributed by atoms with van der Waals surface area (Å²) in [7, 11) is 1.86. The fourth-order valence-electron chi connectivity index (χ4n) is 1.83. The zero-order valence-corrected chi connectivity index (χ0v) is 12.8. The van der Waals surface area contributed by atoms with E-state index in [-0.39, 0.29) is 17.9 Å². The minimum atomic E-state index is -0.00309. The average Bonchev–Trinajstić information content (AvgIpc) is 2.32. The third-order valence-corrected chi connectivity index (χ3v) is 3.60. The van der Waals surface area contributed by atoms with Gasteiger partial charge in [0, 0.05) is 23.0 Å². The van der Waals surface area contributed by atoms with E-state index < -0.39 is 0 Å². The molecule has 0 aliphatic heterocycles. The second kappa shape index (κ2) is 7.54. The summed E-state index contributed by atoms with van der Waals surface area (Å²) in [6.07, 6.45) is 0.833. The summed E-state index contributed by atoms with van der Waals surface area (Å²) in [4.78, 5) is 11.9. The molecular weight excluding hydrogens is 292 g/mol. The Morgan fingerprint density at radius 3 is 2.61 bits per heavy atom. The van der Waals surface area contributed by atoms with Gasteiger partial charge in [0.15, 0.2) is 0 Å². The smallest absolute Gasteiger partial charge is 0.224 e. The predicted octanol–water partition coefficient (Wildman–Crippen LogP) is 2.35. The molecule has 18 heavy (non-hydrogen) atoms. The molecule has 2 atom stereocenters. The van der Waals surface area contributed by atoms with E-state index >= 15 is 0 Å². The van der Waals surface area contributed by atoms with E-state index in [1.54, 1.807) is 0 Å². The van der Waals surface area contributed by atoms with Crippen molar-refractivity contribution in [3.63, 3.8) is 0 Å². The van der Waals surface area contributed by atoms with Crippen molar-refractivity contribution in [2.24, 2.45) is 5.92 Å². The number of rotatable bonds is 6. The molecule has 3 nitrogen and oxygen atoms in total. The van der Waals surface area contributed by atoms with Crippen molar-refractivity contribution < 1.29 is 4.79 Å². The van der Waals surface area contributed by atoms with Gasteiger partial charge in [-0.25, -0.2) is 0 Å². The standard InChI is InChI=1S/C14H21BrN2O/c1-10(9-16-3)14(18)17-11(2)8-12-6-4-5-7-13(12)15/h4-7,10-11,16H,8-9H2,1-3H3,(H,17,18). The lowest BCUT2D eigenvalue weighted by molar-refractivity contribution is -0.124. The Labute approximate surface area is 117 Å². The van der Waals surface area contributed by atoms with Gasteiger partial charge >= 0.3 is 0 Å².